The van der Waals surface area contributed by atoms with E-state index in [-0.39, 0.29) is 52.1 Å². The van der Waals surface area contributed by atoms with Gasteiger partial charge in [-0.1, -0.05) is 0 Å². The van der Waals surface area contributed by atoms with E-state index in [0.29, 0.717) is 0 Å². The van der Waals surface area contributed by atoms with Crippen LogP contribution in [-0.4, -0.2) is 92.7 Å². The van der Waals surface area contributed by atoms with Crippen LogP contribution in [-0.2, 0) is 14.3 Å². The van der Waals surface area contributed by atoms with Gasteiger partial charge in [0.2, 0.25) is 0 Å². The predicted octanol–water partition coefficient (Wildman–Crippen LogP) is -2.27. The van der Waals surface area contributed by atoms with Crippen molar-refractivity contribution in [1.29, 1.82) is 0 Å². The second-order valence-corrected chi connectivity index (χ2v) is 6.49. The number of aliphatic hydroxyl groups is 5. The molecule has 2 aliphatic heterocycles. The Hall–Kier alpha value is -1.08. The quantitative estimate of drug-likeness (QED) is 0.161. The molecular formula is C14H25NO10. The van der Waals surface area contributed by atoms with E-state index in [9.17, 15) is 30.5 Å². The predicted molar refractivity (Wildman–Crippen MR) is 79.9 cm³/mol. The lowest BCUT2D eigenvalue weighted by atomic mass is 9.71. The zero-order valence-corrected chi connectivity index (χ0v) is 13.7. The van der Waals surface area contributed by atoms with Gasteiger partial charge in [0.05, 0.1) is 25.9 Å². The fourth-order valence-electron chi connectivity index (χ4n) is 3.55. The second-order valence-electron chi connectivity index (χ2n) is 6.49. The molecule has 2 saturated heterocycles. The number of fused-ring (bicyclic) bond motifs is 1. The van der Waals surface area contributed by atoms with E-state index in [4.69, 9.17) is 14.6 Å². The van der Waals surface area contributed by atoms with Crippen molar-refractivity contribution in [3.63, 3.8) is 0 Å². The van der Waals surface area contributed by atoms with E-state index in [2.05, 4.69) is 4.84 Å². The minimum Gasteiger partial charge on any atom is -0.396 e. The number of hydrogen-bond acceptors (Lipinski definition) is 10. The lowest BCUT2D eigenvalue weighted by Gasteiger charge is -2.45. The number of hydrogen-bond donors (Lipinski definition) is 5. The first-order chi connectivity index (χ1) is 11.8. The summed E-state index contributed by atoms with van der Waals surface area (Å²) in [4.78, 5) is 14.4. The van der Waals surface area contributed by atoms with E-state index in [1.807, 2.05) is 0 Å². The normalized spacial score (nSPS) is 35.2. The Morgan fingerprint density at radius 1 is 1.40 bits per heavy atom. The van der Waals surface area contributed by atoms with Gasteiger partial charge in [-0.15, -0.1) is 10.1 Å². The number of nitrogens with zero attached hydrogens (tertiary/aromatic N) is 1. The fourth-order valence-corrected chi connectivity index (χ4v) is 3.55. The highest BCUT2D eigenvalue weighted by Crippen LogP contribution is 2.44. The zero-order chi connectivity index (χ0) is 18.7. The van der Waals surface area contributed by atoms with Crippen LogP contribution in [0.4, 0.5) is 0 Å². The van der Waals surface area contributed by atoms with Crippen molar-refractivity contribution in [3.05, 3.63) is 10.1 Å². The third-order valence-electron chi connectivity index (χ3n) is 4.93. The molecule has 25 heavy (non-hydrogen) atoms. The van der Waals surface area contributed by atoms with Gasteiger partial charge in [-0.05, 0) is 25.7 Å². The summed E-state index contributed by atoms with van der Waals surface area (Å²) in [6.07, 6.45) is -4.36. The summed E-state index contributed by atoms with van der Waals surface area (Å²) in [5.41, 5.74) is -4.13. The summed E-state index contributed by atoms with van der Waals surface area (Å²) in [5, 5.41) is 60.7. The molecule has 146 valence electrons. The Morgan fingerprint density at radius 2 is 2.12 bits per heavy atom. The molecule has 11 nitrogen and oxygen atoms in total. The molecule has 0 amide bonds. The molecule has 11 heteroatoms. The Balaban J connectivity index is 2.16. The van der Waals surface area contributed by atoms with Gasteiger partial charge in [-0.25, -0.2) is 0 Å². The molecule has 0 aromatic heterocycles. The summed E-state index contributed by atoms with van der Waals surface area (Å²) in [7, 11) is 0. The SMILES string of the molecule is O=[N+]([O-])OCCCC(O)(C(O)CCCO)[C@]1(O)CO[C@@H]2[C@@H](O)CO[C@@H]21. The maximum atomic E-state index is 11.1. The van der Waals surface area contributed by atoms with Crippen LogP contribution in [0.25, 0.3) is 0 Å². The average molecular weight is 367 g/mol. The second kappa shape index (κ2) is 8.08. The van der Waals surface area contributed by atoms with Crippen LogP contribution >= 0.6 is 0 Å². The molecule has 0 saturated carbocycles. The van der Waals surface area contributed by atoms with Crippen molar-refractivity contribution in [2.24, 2.45) is 0 Å². The topological polar surface area (TPSA) is 172 Å². The van der Waals surface area contributed by atoms with Crippen LogP contribution in [0.3, 0.4) is 0 Å². The monoisotopic (exact) mass is 367 g/mol. The molecule has 5 N–H and O–H groups in total. The Kier molecular flexibility index (Phi) is 6.54. The highest BCUT2D eigenvalue weighted by molar-refractivity contribution is 5.15. The molecule has 2 rings (SSSR count). The van der Waals surface area contributed by atoms with Crippen LogP contribution in [0.1, 0.15) is 25.7 Å². The molecule has 0 aromatic carbocycles. The number of ether oxygens (including phenoxy) is 2. The number of aliphatic hydroxyl groups excluding tert-OH is 3. The molecule has 0 spiro atoms. The van der Waals surface area contributed by atoms with E-state index in [1.165, 1.54) is 0 Å². The zero-order valence-electron chi connectivity index (χ0n) is 13.7. The lowest BCUT2D eigenvalue weighted by Crippen LogP contribution is -2.67. The standard InChI is InChI=1S/C14H25NO10/c16-5-1-3-10(18)13(19,4-2-6-25-15(21)22)14(20)8-24-11-9(17)7-23-12(11)14/h9-12,16-20H,1-8H2/t9-,10?,11+,12-,13?,14-/m0/s1. The van der Waals surface area contributed by atoms with Crippen molar-refractivity contribution >= 4 is 0 Å². The first-order valence-electron chi connectivity index (χ1n) is 8.18. The Bertz CT molecular complexity index is 465. The van der Waals surface area contributed by atoms with E-state index in [0.717, 1.165) is 0 Å². The minimum atomic E-state index is -2.12. The van der Waals surface area contributed by atoms with Gasteiger partial charge in [0.15, 0.2) is 0 Å². The maximum absolute atomic E-state index is 11.1. The molecular weight excluding hydrogens is 342 g/mol. The van der Waals surface area contributed by atoms with Crippen molar-refractivity contribution in [2.45, 2.75) is 61.3 Å². The number of rotatable bonds is 10. The highest BCUT2D eigenvalue weighted by atomic mass is 16.9. The van der Waals surface area contributed by atoms with Crippen LogP contribution < -0.4 is 0 Å². The van der Waals surface area contributed by atoms with Gasteiger partial charge >= 0.3 is 0 Å². The molecule has 0 aliphatic carbocycles. The minimum absolute atomic E-state index is 0.00859. The summed E-state index contributed by atoms with van der Waals surface area (Å²) in [5.74, 6) is 0. The first kappa shape index (κ1) is 20.2. The van der Waals surface area contributed by atoms with Crippen molar-refractivity contribution in [3.8, 4) is 0 Å². The molecule has 0 aromatic rings. The summed E-state index contributed by atoms with van der Waals surface area (Å²) >= 11 is 0. The Morgan fingerprint density at radius 3 is 2.76 bits per heavy atom. The highest BCUT2D eigenvalue weighted by Gasteiger charge is 2.66. The van der Waals surface area contributed by atoms with Gasteiger partial charge in [-0.3, -0.25) is 0 Å². The average Bonchev–Trinajstić information content (AvgIpc) is 3.11. The van der Waals surface area contributed by atoms with Crippen LogP contribution in [0.2, 0.25) is 0 Å². The molecule has 2 fully saturated rings. The molecule has 0 bridgehead atoms. The van der Waals surface area contributed by atoms with E-state index < -0.39 is 40.7 Å². The molecule has 2 aliphatic rings. The first-order valence-corrected chi connectivity index (χ1v) is 8.18. The third-order valence-corrected chi connectivity index (χ3v) is 4.93. The van der Waals surface area contributed by atoms with E-state index in [1.54, 1.807) is 0 Å². The summed E-state index contributed by atoms with van der Waals surface area (Å²) in [6.45, 7) is -0.989. The van der Waals surface area contributed by atoms with Crippen molar-refractivity contribution < 1.29 is 44.9 Å². The molecule has 0 radical (unpaired) electrons. The smallest absolute Gasteiger partial charge is 0.294 e. The molecule has 2 unspecified atom stereocenters. The van der Waals surface area contributed by atoms with Crippen molar-refractivity contribution in [2.75, 3.05) is 26.4 Å². The van der Waals surface area contributed by atoms with Gasteiger partial charge in [0.25, 0.3) is 5.09 Å². The Labute approximate surface area is 143 Å². The van der Waals surface area contributed by atoms with E-state index >= 15 is 0 Å². The maximum Gasteiger partial charge on any atom is 0.294 e. The van der Waals surface area contributed by atoms with Gasteiger partial charge in [0, 0.05) is 6.61 Å². The largest absolute Gasteiger partial charge is 0.396 e. The van der Waals surface area contributed by atoms with Crippen molar-refractivity contribution in [1.82, 2.24) is 0 Å². The lowest BCUT2D eigenvalue weighted by molar-refractivity contribution is -0.757. The summed E-state index contributed by atoms with van der Waals surface area (Å²) < 4.78 is 10.7. The molecule has 6 atom stereocenters. The van der Waals surface area contributed by atoms with Gasteiger partial charge in [0.1, 0.15) is 29.5 Å². The van der Waals surface area contributed by atoms with Crippen LogP contribution in [0.15, 0.2) is 0 Å². The van der Waals surface area contributed by atoms with Crippen LogP contribution in [0, 0.1) is 10.1 Å². The summed E-state index contributed by atoms with van der Waals surface area (Å²) in [6, 6.07) is 0. The fraction of sp³-hybridized carbons (Fsp3) is 1.00. The third kappa shape index (κ3) is 3.87. The van der Waals surface area contributed by atoms with Crippen LogP contribution in [0.5, 0.6) is 0 Å². The van der Waals surface area contributed by atoms with Gasteiger partial charge < -0.3 is 39.8 Å². The molecule has 2 heterocycles. The van der Waals surface area contributed by atoms with Gasteiger partial charge in [-0.2, -0.15) is 0 Å².